The minimum Gasteiger partial charge on any atom is -0.339 e. The number of piperazine rings is 1. The van der Waals surface area contributed by atoms with Gasteiger partial charge in [-0.2, -0.15) is 0 Å². The molecule has 2 saturated heterocycles. The lowest BCUT2D eigenvalue weighted by Gasteiger charge is -2.52. The van der Waals surface area contributed by atoms with Crippen LogP contribution in [0.2, 0.25) is 0 Å². The molecule has 0 aliphatic carbocycles. The molecule has 1 amide bonds. The van der Waals surface area contributed by atoms with Crippen molar-refractivity contribution in [2.24, 2.45) is 0 Å². The maximum atomic E-state index is 12.7. The molecule has 3 heterocycles. The fourth-order valence-electron chi connectivity index (χ4n) is 3.80. The van der Waals surface area contributed by atoms with Crippen LogP contribution < -0.4 is 5.56 Å². The van der Waals surface area contributed by atoms with Gasteiger partial charge in [0, 0.05) is 36.4 Å². The van der Waals surface area contributed by atoms with E-state index in [2.05, 4.69) is 34.1 Å². The topological polar surface area (TPSA) is 75.4 Å². The zero-order valence-electron chi connectivity index (χ0n) is 14.3. The van der Waals surface area contributed by atoms with Gasteiger partial charge in [-0.1, -0.05) is 0 Å². The van der Waals surface area contributed by atoms with E-state index in [0.717, 1.165) is 51.3 Å². The number of aryl methyl sites for hydroxylation is 1. The van der Waals surface area contributed by atoms with Crippen molar-refractivity contribution in [2.45, 2.75) is 31.7 Å². The van der Waals surface area contributed by atoms with Crippen molar-refractivity contribution in [1.29, 1.82) is 0 Å². The number of nitrogens with one attached hydrogen (secondary N) is 2. The number of H-pyrrole nitrogens is 2. The molecule has 1 aromatic heterocycles. The van der Waals surface area contributed by atoms with Gasteiger partial charge in [-0.15, -0.1) is 0 Å². The summed E-state index contributed by atoms with van der Waals surface area (Å²) in [5.74, 6) is 0.0598. The van der Waals surface area contributed by atoms with Gasteiger partial charge >= 0.3 is 0 Å². The van der Waals surface area contributed by atoms with Crippen LogP contribution >= 0.6 is 0 Å². The number of likely N-dealkylation sites (tertiary alicyclic amines) is 1. The van der Waals surface area contributed by atoms with E-state index in [1.807, 2.05) is 11.8 Å². The number of carbonyl (C=O) groups is 1. The highest BCUT2D eigenvalue weighted by Crippen LogP contribution is 2.31. The van der Waals surface area contributed by atoms with Crippen LogP contribution in [0.5, 0.6) is 0 Å². The lowest BCUT2D eigenvalue weighted by Crippen LogP contribution is -2.65. The number of hydrogen-bond acceptors (Lipinski definition) is 4. The zero-order valence-corrected chi connectivity index (χ0v) is 14.3. The lowest BCUT2D eigenvalue weighted by molar-refractivity contribution is -0.137. The van der Waals surface area contributed by atoms with Crippen molar-refractivity contribution in [3.05, 3.63) is 21.6 Å². The molecule has 0 saturated carbocycles. The summed E-state index contributed by atoms with van der Waals surface area (Å²) < 4.78 is 0. The van der Waals surface area contributed by atoms with Gasteiger partial charge in [0.05, 0.1) is 6.42 Å². The Balaban J connectivity index is 1.71. The number of likely N-dealkylation sites (N-methyl/N-ethyl adjacent to an activating group) is 1. The quantitative estimate of drug-likeness (QED) is 0.790. The second-order valence-electron chi connectivity index (χ2n) is 7.12. The van der Waals surface area contributed by atoms with Gasteiger partial charge in [0.15, 0.2) is 0 Å². The summed E-state index contributed by atoms with van der Waals surface area (Å²) in [4.78, 5) is 31.2. The van der Waals surface area contributed by atoms with E-state index in [4.69, 9.17) is 0 Å². The van der Waals surface area contributed by atoms with Crippen LogP contribution in [0.15, 0.2) is 4.79 Å². The Labute approximate surface area is 136 Å². The molecular weight excluding hydrogens is 294 g/mol. The van der Waals surface area contributed by atoms with Gasteiger partial charge in [0.2, 0.25) is 5.91 Å². The van der Waals surface area contributed by atoms with Crippen molar-refractivity contribution < 1.29 is 4.79 Å². The Kier molecular flexibility index (Phi) is 4.33. The number of amides is 1. The summed E-state index contributed by atoms with van der Waals surface area (Å²) in [6.07, 6.45) is 2.37. The van der Waals surface area contributed by atoms with Crippen LogP contribution in [0, 0.1) is 6.92 Å². The Hall–Kier alpha value is -1.60. The van der Waals surface area contributed by atoms with E-state index in [-0.39, 0.29) is 23.4 Å². The summed E-state index contributed by atoms with van der Waals surface area (Å²) in [7, 11) is 4.33. The van der Waals surface area contributed by atoms with Crippen molar-refractivity contribution in [3.63, 3.8) is 0 Å². The van der Waals surface area contributed by atoms with Crippen LogP contribution in [0.3, 0.4) is 0 Å². The maximum absolute atomic E-state index is 12.7. The van der Waals surface area contributed by atoms with Crippen LogP contribution in [-0.4, -0.2) is 83.2 Å². The van der Waals surface area contributed by atoms with Gasteiger partial charge in [-0.05, 0) is 47.0 Å². The fraction of sp³-hybridized carbons (Fsp3) is 0.750. The van der Waals surface area contributed by atoms with Crippen molar-refractivity contribution in [1.82, 2.24) is 24.9 Å². The zero-order chi connectivity index (χ0) is 16.6. The molecule has 23 heavy (non-hydrogen) atoms. The third-order valence-corrected chi connectivity index (χ3v) is 5.69. The highest BCUT2D eigenvalue weighted by Gasteiger charge is 2.42. The SMILES string of the molecule is Cc1[nH][nH]c(=O)c1CC(=O)N1CCN(C)C2(CCN(C)CC2)C1. The summed E-state index contributed by atoms with van der Waals surface area (Å²) in [5.41, 5.74) is 1.23. The number of carbonyl (C=O) groups excluding carboxylic acids is 1. The van der Waals surface area contributed by atoms with Crippen molar-refractivity contribution >= 4 is 5.91 Å². The minimum atomic E-state index is -0.181. The predicted octanol–water partition coefficient (Wildman–Crippen LogP) is -0.208. The minimum absolute atomic E-state index is 0.0598. The van der Waals surface area contributed by atoms with Crippen LogP contribution in [0.1, 0.15) is 24.1 Å². The van der Waals surface area contributed by atoms with Crippen LogP contribution in [-0.2, 0) is 11.2 Å². The molecule has 7 heteroatoms. The molecule has 0 bridgehead atoms. The monoisotopic (exact) mass is 321 g/mol. The van der Waals surface area contributed by atoms with Gasteiger partial charge < -0.3 is 14.9 Å². The molecule has 1 aromatic rings. The van der Waals surface area contributed by atoms with Gasteiger partial charge in [-0.25, -0.2) is 0 Å². The molecule has 2 fully saturated rings. The summed E-state index contributed by atoms with van der Waals surface area (Å²) in [6.45, 7) is 6.39. The van der Waals surface area contributed by atoms with Crippen molar-refractivity contribution in [2.75, 3.05) is 46.8 Å². The van der Waals surface area contributed by atoms with E-state index in [1.54, 1.807) is 0 Å². The number of rotatable bonds is 2. The first kappa shape index (κ1) is 16.3. The van der Waals surface area contributed by atoms with E-state index >= 15 is 0 Å². The summed E-state index contributed by atoms with van der Waals surface area (Å²) in [5, 5.41) is 5.34. The number of aromatic amines is 2. The molecule has 7 nitrogen and oxygen atoms in total. The molecule has 2 N–H and O–H groups in total. The smallest absolute Gasteiger partial charge is 0.267 e. The van der Waals surface area contributed by atoms with Gasteiger partial charge in [-0.3, -0.25) is 19.6 Å². The molecule has 2 aliphatic rings. The number of piperidine rings is 1. The number of hydrogen-bond donors (Lipinski definition) is 2. The maximum Gasteiger partial charge on any atom is 0.267 e. The van der Waals surface area contributed by atoms with Crippen LogP contribution in [0.25, 0.3) is 0 Å². The first-order valence-corrected chi connectivity index (χ1v) is 8.35. The predicted molar refractivity (Wildman–Crippen MR) is 88.5 cm³/mol. The molecule has 0 atom stereocenters. The number of nitrogens with zero attached hydrogens (tertiary/aromatic N) is 3. The average molecular weight is 321 g/mol. The number of aromatic nitrogens is 2. The largest absolute Gasteiger partial charge is 0.339 e. The molecule has 2 aliphatic heterocycles. The average Bonchev–Trinajstić information content (AvgIpc) is 2.84. The van der Waals surface area contributed by atoms with Gasteiger partial charge in [0.25, 0.3) is 5.56 Å². The van der Waals surface area contributed by atoms with Crippen molar-refractivity contribution in [3.8, 4) is 0 Å². The Bertz CT molecular complexity index is 627. The second kappa shape index (κ2) is 6.13. The normalized spacial score (nSPS) is 22.7. The van der Waals surface area contributed by atoms with Crippen LogP contribution in [0.4, 0.5) is 0 Å². The standard InChI is InChI=1S/C16H27N5O2/c1-12-13(15(23)18-17-12)10-14(22)21-9-8-20(3)16(11-21)4-6-19(2)7-5-16/h4-11H2,1-3H3,(H2,17,18,23). The van der Waals surface area contributed by atoms with E-state index < -0.39 is 0 Å². The molecule has 0 radical (unpaired) electrons. The molecular formula is C16H27N5O2. The van der Waals surface area contributed by atoms with E-state index in [0.29, 0.717) is 5.56 Å². The second-order valence-corrected chi connectivity index (χ2v) is 7.12. The van der Waals surface area contributed by atoms with E-state index in [1.165, 1.54) is 0 Å². The highest BCUT2D eigenvalue weighted by molar-refractivity contribution is 5.79. The Morgan fingerprint density at radius 3 is 2.43 bits per heavy atom. The molecule has 128 valence electrons. The highest BCUT2D eigenvalue weighted by atomic mass is 16.2. The lowest BCUT2D eigenvalue weighted by atomic mass is 9.83. The molecule has 1 spiro atoms. The molecule has 0 unspecified atom stereocenters. The third-order valence-electron chi connectivity index (χ3n) is 5.69. The summed E-state index contributed by atoms with van der Waals surface area (Å²) >= 11 is 0. The first-order chi connectivity index (χ1) is 10.9. The van der Waals surface area contributed by atoms with E-state index in [9.17, 15) is 9.59 Å². The summed E-state index contributed by atoms with van der Waals surface area (Å²) in [6, 6.07) is 0. The fourth-order valence-corrected chi connectivity index (χ4v) is 3.80. The van der Waals surface area contributed by atoms with Gasteiger partial charge in [0.1, 0.15) is 0 Å². The first-order valence-electron chi connectivity index (χ1n) is 8.35. The Morgan fingerprint density at radius 2 is 1.83 bits per heavy atom. The molecule has 0 aromatic carbocycles. The molecule has 3 rings (SSSR count). The Morgan fingerprint density at radius 1 is 1.13 bits per heavy atom. The third kappa shape index (κ3) is 3.07.